The second-order valence-corrected chi connectivity index (χ2v) is 6.55. The lowest BCUT2D eigenvalue weighted by Gasteiger charge is -2.35. The Labute approximate surface area is 135 Å². The molecule has 3 heterocycles. The maximum Gasteiger partial charge on any atom is 0.137 e. The number of halogens is 1. The highest BCUT2D eigenvalue weighted by Crippen LogP contribution is 2.29. The van der Waals surface area contributed by atoms with Gasteiger partial charge in [-0.15, -0.1) is 0 Å². The van der Waals surface area contributed by atoms with Crippen molar-refractivity contribution < 1.29 is 4.39 Å². The van der Waals surface area contributed by atoms with E-state index in [1.165, 1.54) is 6.42 Å². The van der Waals surface area contributed by atoms with E-state index in [0.717, 1.165) is 50.5 Å². The smallest absolute Gasteiger partial charge is 0.137 e. The molecule has 0 saturated carbocycles. The lowest BCUT2D eigenvalue weighted by atomic mass is 9.95. The second-order valence-electron chi connectivity index (χ2n) is 6.55. The Balaban J connectivity index is 1.33. The number of anilines is 1. The van der Waals surface area contributed by atoms with E-state index in [1.807, 2.05) is 12.1 Å². The third kappa shape index (κ3) is 3.08. The molecule has 0 amide bonds. The van der Waals surface area contributed by atoms with Gasteiger partial charge in [-0.05, 0) is 56.6 Å². The summed E-state index contributed by atoms with van der Waals surface area (Å²) in [5.74, 6) is 1.38. The molecule has 2 saturated heterocycles. The zero-order valence-electron chi connectivity index (χ0n) is 13.2. The lowest BCUT2D eigenvalue weighted by Crippen LogP contribution is -2.42. The first-order valence-corrected chi connectivity index (χ1v) is 8.39. The van der Waals surface area contributed by atoms with Crippen LogP contribution in [0.3, 0.4) is 0 Å². The minimum Gasteiger partial charge on any atom is -0.370 e. The minimum absolute atomic E-state index is 0.168. The molecular formula is C17H22FN5. The van der Waals surface area contributed by atoms with Crippen LogP contribution in [0.25, 0.3) is 0 Å². The van der Waals surface area contributed by atoms with E-state index in [2.05, 4.69) is 25.0 Å². The molecule has 23 heavy (non-hydrogen) atoms. The van der Waals surface area contributed by atoms with Crippen molar-refractivity contribution in [2.45, 2.75) is 31.2 Å². The van der Waals surface area contributed by atoms with Crippen molar-refractivity contribution in [3.8, 4) is 0 Å². The summed E-state index contributed by atoms with van der Waals surface area (Å²) in [5, 5.41) is 6.97. The molecule has 2 aliphatic rings. The molecule has 2 fully saturated rings. The van der Waals surface area contributed by atoms with Gasteiger partial charge in [0.15, 0.2) is 0 Å². The summed E-state index contributed by atoms with van der Waals surface area (Å²) in [6, 6.07) is 7.47. The van der Waals surface area contributed by atoms with Crippen molar-refractivity contribution >= 4 is 5.69 Å². The van der Waals surface area contributed by atoms with E-state index in [-0.39, 0.29) is 5.82 Å². The van der Waals surface area contributed by atoms with Gasteiger partial charge in [-0.2, -0.15) is 5.10 Å². The van der Waals surface area contributed by atoms with E-state index < -0.39 is 0 Å². The summed E-state index contributed by atoms with van der Waals surface area (Å²) in [6.45, 7) is 4.33. The van der Waals surface area contributed by atoms with Gasteiger partial charge in [0.2, 0.25) is 0 Å². The number of hydrogen-bond acceptors (Lipinski definition) is 4. The number of aromatic amines is 1. The number of nitrogens with one attached hydrogen (secondary N) is 1. The molecule has 0 radical (unpaired) electrons. The zero-order chi connectivity index (χ0) is 15.6. The van der Waals surface area contributed by atoms with Crippen LogP contribution in [0.4, 0.5) is 10.1 Å². The van der Waals surface area contributed by atoms with Gasteiger partial charge in [-0.25, -0.2) is 9.37 Å². The molecule has 1 aromatic heterocycles. The van der Waals surface area contributed by atoms with E-state index in [1.54, 1.807) is 18.5 Å². The highest BCUT2D eigenvalue weighted by atomic mass is 19.1. The van der Waals surface area contributed by atoms with Crippen molar-refractivity contribution in [1.82, 2.24) is 20.1 Å². The predicted octanol–water partition coefficient (Wildman–Crippen LogP) is 2.40. The van der Waals surface area contributed by atoms with Crippen LogP contribution in [0.2, 0.25) is 0 Å². The summed E-state index contributed by atoms with van der Waals surface area (Å²) in [4.78, 5) is 9.27. The normalized spacial score (nSPS) is 23.5. The number of piperidine rings is 1. The van der Waals surface area contributed by atoms with Crippen molar-refractivity contribution in [2.24, 2.45) is 0 Å². The molecule has 1 aromatic carbocycles. The number of nitrogens with zero attached hydrogens (tertiary/aromatic N) is 4. The van der Waals surface area contributed by atoms with Crippen LogP contribution in [-0.4, -0.2) is 52.3 Å². The lowest BCUT2D eigenvalue weighted by molar-refractivity contribution is 0.160. The maximum absolute atomic E-state index is 13.1. The highest BCUT2D eigenvalue weighted by Gasteiger charge is 2.31. The molecule has 0 aliphatic carbocycles. The second kappa shape index (κ2) is 6.28. The molecular weight excluding hydrogens is 293 g/mol. The van der Waals surface area contributed by atoms with Crippen LogP contribution >= 0.6 is 0 Å². The van der Waals surface area contributed by atoms with Crippen LogP contribution in [0.5, 0.6) is 0 Å². The topological polar surface area (TPSA) is 48.1 Å². The SMILES string of the molecule is Fc1ccc(N2CC[C@@H](N3CCC(c4ncn[nH]4)CC3)C2)cc1. The average Bonchev–Trinajstić information content (AvgIpc) is 3.28. The third-order valence-corrected chi connectivity index (χ3v) is 5.22. The number of benzene rings is 1. The van der Waals surface area contributed by atoms with Crippen molar-refractivity contribution in [1.29, 1.82) is 0 Å². The minimum atomic E-state index is -0.168. The van der Waals surface area contributed by atoms with E-state index in [4.69, 9.17) is 0 Å². The summed E-state index contributed by atoms with van der Waals surface area (Å²) >= 11 is 0. The molecule has 4 rings (SSSR count). The Morgan fingerprint density at radius 3 is 2.52 bits per heavy atom. The fraction of sp³-hybridized carbons (Fsp3) is 0.529. The highest BCUT2D eigenvalue weighted by molar-refractivity contribution is 5.47. The molecule has 0 unspecified atom stereocenters. The molecule has 0 bridgehead atoms. The van der Waals surface area contributed by atoms with Crippen LogP contribution in [0, 0.1) is 5.82 Å². The fourth-order valence-electron chi connectivity index (χ4n) is 3.88. The van der Waals surface area contributed by atoms with Gasteiger partial charge in [0, 0.05) is 30.7 Å². The van der Waals surface area contributed by atoms with E-state index >= 15 is 0 Å². The first-order chi connectivity index (χ1) is 11.3. The molecule has 0 spiro atoms. The average molecular weight is 315 g/mol. The van der Waals surface area contributed by atoms with Crippen molar-refractivity contribution in [2.75, 3.05) is 31.1 Å². The largest absolute Gasteiger partial charge is 0.370 e. The van der Waals surface area contributed by atoms with E-state index in [0.29, 0.717) is 12.0 Å². The Hall–Kier alpha value is -1.95. The van der Waals surface area contributed by atoms with Gasteiger partial charge in [-0.1, -0.05) is 0 Å². The van der Waals surface area contributed by atoms with Gasteiger partial charge in [0.25, 0.3) is 0 Å². The quantitative estimate of drug-likeness (QED) is 0.945. The molecule has 6 heteroatoms. The molecule has 1 N–H and O–H groups in total. The van der Waals surface area contributed by atoms with E-state index in [9.17, 15) is 4.39 Å². The summed E-state index contributed by atoms with van der Waals surface area (Å²) < 4.78 is 13.1. The van der Waals surface area contributed by atoms with Crippen LogP contribution in [0.1, 0.15) is 31.0 Å². The molecule has 2 aliphatic heterocycles. The summed E-state index contributed by atoms with van der Waals surface area (Å²) in [6.07, 6.45) is 5.06. The monoisotopic (exact) mass is 315 g/mol. The number of H-pyrrole nitrogens is 1. The molecule has 5 nitrogen and oxygen atoms in total. The fourth-order valence-corrected chi connectivity index (χ4v) is 3.88. The Morgan fingerprint density at radius 2 is 1.83 bits per heavy atom. The van der Waals surface area contributed by atoms with Gasteiger partial charge in [0.05, 0.1) is 0 Å². The number of hydrogen-bond donors (Lipinski definition) is 1. The van der Waals surface area contributed by atoms with Crippen LogP contribution in [-0.2, 0) is 0 Å². The first kappa shape index (κ1) is 14.6. The van der Waals surface area contributed by atoms with Gasteiger partial charge in [0.1, 0.15) is 18.0 Å². The maximum atomic E-state index is 13.1. The predicted molar refractivity (Wildman–Crippen MR) is 86.9 cm³/mol. The zero-order valence-corrected chi connectivity index (χ0v) is 13.2. The summed E-state index contributed by atoms with van der Waals surface area (Å²) in [5.41, 5.74) is 1.13. The third-order valence-electron chi connectivity index (χ3n) is 5.22. The first-order valence-electron chi connectivity index (χ1n) is 8.39. The Morgan fingerprint density at radius 1 is 1.04 bits per heavy atom. The number of likely N-dealkylation sites (tertiary alicyclic amines) is 1. The van der Waals surface area contributed by atoms with Gasteiger partial charge >= 0.3 is 0 Å². The molecule has 2 aromatic rings. The number of rotatable bonds is 3. The molecule has 122 valence electrons. The summed E-state index contributed by atoms with van der Waals surface area (Å²) in [7, 11) is 0. The van der Waals surface area contributed by atoms with Crippen molar-refractivity contribution in [3.05, 3.63) is 42.2 Å². The Bertz CT molecular complexity index is 619. The van der Waals surface area contributed by atoms with Crippen LogP contribution < -0.4 is 4.90 Å². The van der Waals surface area contributed by atoms with Crippen LogP contribution in [0.15, 0.2) is 30.6 Å². The molecule has 1 atom stereocenters. The Kier molecular flexibility index (Phi) is 3.99. The number of aromatic nitrogens is 3. The van der Waals surface area contributed by atoms with Gasteiger partial charge < -0.3 is 4.90 Å². The van der Waals surface area contributed by atoms with Crippen molar-refractivity contribution in [3.63, 3.8) is 0 Å². The van der Waals surface area contributed by atoms with Gasteiger partial charge in [-0.3, -0.25) is 10.00 Å². The standard InChI is InChI=1S/C17H22FN5/c18-14-1-3-15(4-2-14)23-10-7-16(11-23)22-8-5-13(6-9-22)17-19-12-20-21-17/h1-4,12-13,16H,5-11H2,(H,19,20,21)/t16-/m1/s1.